The van der Waals surface area contributed by atoms with Crippen LogP contribution < -0.4 is 5.32 Å². The third-order valence-electron chi connectivity index (χ3n) is 3.29. The molecule has 0 radical (unpaired) electrons. The van der Waals surface area contributed by atoms with Crippen molar-refractivity contribution < 1.29 is 9.59 Å². The highest BCUT2D eigenvalue weighted by atomic mass is 35.5. The number of likely N-dealkylation sites (tertiary alicyclic amines) is 1. The van der Waals surface area contributed by atoms with Crippen molar-refractivity contribution in [1.82, 2.24) is 15.1 Å². The Morgan fingerprint density at radius 1 is 1.56 bits per heavy atom. The molecule has 2 aliphatic heterocycles. The van der Waals surface area contributed by atoms with Crippen molar-refractivity contribution in [2.45, 2.75) is 18.9 Å². The lowest BCUT2D eigenvalue weighted by molar-refractivity contribution is -0.138. The zero-order chi connectivity index (χ0) is 12.3. The molecule has 2 heterocycles. The second-order valence-corrected chi connectivity index (χ2v) is 5.47. The highest BCUT2D eigenvalue weighted by Gasteiger charge is 2.31. The summed E-state index contributed by atoms with van der Waals surface area (Å²) in [4.78, 5) is 27.2. The van der Waals surface area contributed by atoms with E-state index in [0.29, 0.717) is 17.7 Å². The minimum absolute atomic E-state index is 0. The molecule has 1 N–H and O–H groups in total. The number of hydrogen-bond acceptors (Lipinski definition) is 4. The number of carbonyl (C=O) groups is 2. The van der Waals surface area contributed by atoms with Gasteiger partial charge in [-0.1, -0.05) is 0 Å². The summed E-state index contributed by atoms with van der Waals surface area (Å²) < 4.78 is 0. The second kappa shape index (κ2) is 7.21. The Hall–Kier alpha value is -0.460. The molecule has 0 spiro atoms. The predicted molar refractivity (Wildman–Crippen MR) is 74.9 cm³/mol. The zero-order valence-corrected chi connectivity index (χ0v) is 12.2. The molecule has 1 unspecified atom stereocenters. The van der Waals surface area contributed by atoms with Gasteiger partial charge in [0.05, 0.1) is 11.6 Å². The Morgan fingerprint density at radius 3 is 2.94 bits per heavy atom. The summed E-state index contributed by atoms with van der Waals surface area (Å²) in [5.41, 5.74) is 0. The van der Waals surface area contributed by atoms with Crippen molar-refractivity contribution in [3.05, 3.63) is 0 Å². The van der Waals surface area contributed by atoms with Crippen molar-refractivity contribution in [2.75, 3.05) is 38.3 Å². The Bertz CT molecular complexity index is 317. The standard InChI is InChI=1S/C11H19N3O2S.ClH/c1-12-5-9-3-2-4-14(9)10(15)6-13-8-17-7-11(13)16;/h9,12H,2-8H2,1H3;1H. The number of nitrogens with one attached hydrogen (secondary N) is 1. The van der Waals surface area contributed by atoms with E-state index in [0.717, 1.165) is 25.9 Å². The summed E-state index contributed by atoms with van der Waals surface area (Å²) in [7, 11) is 1.90. The van der Waals surface area contributed by atoms with Crippen molar-refractivity contribution in [2.24, 2.45) is 0 Å². The molecule has 2 rings (SSSR count). The monoisotopic (exact) mass is 293 g/mol. The molecule has 104 valence electrons. The van der Waals surface area contributed by atoms with E-state index in [1.807, 2.05) is 11.9 Å². The molecule has 7 heteroatoms. The van der Waals surface area contributed by atoms with Gasteiger partial charge < -0.3 is 15.1 Å². The maximum Gasteiger partial charge on any atom is 0.242 e. The molecule has 2 aliphatic rings. The SMILES string of the molecule is CNCC1CCCN1C(=O)CN1CSCC1=O.Cl. The topological polar surface area (TPSA) is 52.7 Å². The maximum atomic E-state index is 12.1. The Labute approximate surface area is 118 Å². The number of amides is 2. The molecule has 5 nitrogen and oxygen atoms in total. The number of likely N-dealkylation sites (N-methyl/N-ethyl adjacent to an activating group) is 1. The highest BCUT2D eigenvalue weighted by molar-refractivity contribution is 8.00. The fourth-order valence-electron chi connectivity index (χ4n) is 2.41. The fourth-order valence-corrected chi connectivity index (χ4v) is 3.31. The lowest BCUT2D eigenvalue weighted by Crippen LogP contribution is -2.46. The van der Waals surface area contributed by atoms with Gasteiger partial charge in [-0.15, -0.1) is 24.2 Å². The van der Waals surface area contributed by atoms with E-state index in [1.165, 1.54) is 0 Å². The summed E-state index contributed by atoms with van der Waals surface area (Å²) in [5, 5.41) is 3.12. The maximum absolute atomic E-state index is 12.1. The molecular formula is C11H20ClN3O2S. The average molecular weight is 294 g/mol. The molecule has 2 fully saturated rings. The Kier molecular flexibility index (Phi) is 6.25. The van der Waals surface area contributed by atoms with E-state index in [-0.39, 0.29) is 30.8 Å². The first kappa shape index (κ1) is 15.6. The number of halogens is 1. The minimum Gasteiger partial charge on any atom is -0.337 e. The fraction of sp³-hybridized carbons (Fsp3) is 0.818. The predicted octanol–water partition coefficient (Wildman–Crippen LogP) is 0.152. The van der Waals surface area contributed by atoms with Crippen LogP contribution in [0.3, 0.4) is 0 Å². The second-order valence-electron chi connectivity index (χ2n) is 4.51. The third kappa shape index (κ3) is 3.52. The van der Waals surface area contributed by atoms with E-state index in [4.69, 9.17) is 0 Å². The number of hydrogen-bond donors (Lipinski definition) is 1. The van der Waals surface area contributed by atoms with Gasteiger partial charge in [0.25, 0.3) is 0 Å². The minimum atomic E-state index is 0. The molecule has 1 atom stereocenters. The van der Waals surface area contributed by atoms with E-state index in [9.17, 15) is 9.59 Å². The molecule has 2 saturated heterocycles. The van der Waals surface area contributed by atoms with Crippen molar-refractivity contribution >= 4 is 36.0 Å². The summed E-state index contributed by atoms with van der Waals surface area (Å²) in [6.45, 7) is 1.93. The number of nitrogens with zero attached hydrogens (tertiary/aromatic N) is 2. The lowest BCUT2D eigenvalue weighted by Gasteiger charge is -2.26. The largest absolute Gasteiger partial charge is 0.337 e. The van der Waals surface area contributed by atoms with Crippen molar-refractivity contribution in [3.63, 3.8) is 0 Å². The van der Waals surface area contributed by atoms with Gasteiger partial charge in [0.15, 0.2) is 0 Å². The van der Waals surface area contributed by atoms with Crippen LogP contribution >= 0.6 is 24.2 Å². The van der Waals surface area contributed by atoms with Gasteiger partial charge in [0.2, 0.25) is 11.8 Å². The van der Waals surface area contributed by atoms with Gasteiger partial charge in [-0.05, 0) is 19.9 Å². The summed E-state index contributed by atoms with van der Waals surface area (Å²) in [5.74, 6) is 1.37. The van der Waals surface area contributed by atoms with Crippen LogP contribution in [0.25, 0.3) is 0 Å². The van der Waals surface area contributed by atoms with E-state index in [2.05, 4.69) is 5.32 Å². The number of thioether (sulfide) groups is 1. The van der Waals surface area contributed by atoms with Gasteiger partial charge in [0, 0.05) is 19.1 Å². The third-order valence-corrected chi connectivity index (χ3v) is 4.23. The van der Waals surface area contributed by atoms with E-state index in [1.54, 1.807) is 16.7 Å². The van der Waals surface area contributed by atoms with E-state index >= 15 is 0 Å². The molecule has 0 aromatic heterocycles. The van der Waals surface area contributed by atoms with Crippen LogP contribution in [-0.4, -0.2) is 66.0 Å². The smallest absolute Gasteiger partial charge is 0.242 e. The van der Waals surface area contributed by atoms with Gasteiger partial charge in [0.1, 0.15) is 6.54 Å². The summed E-state index contributed by atoms with van der Waals surface area (Å²) in [6, 6.07) is 0.304. The van der Waals surface area contributed by atoms with Crippen LogP contribution in [0.4, 0.5) is 0 Å². The molecule has 18 heavy (non-hydrogen) atoms. The molecule has 2 amide bonds. The first-order valence-electron chi connectivity index (χ1n) is 6.02. The molecule has 0 saturated carbocycles. The van der Waals surface area contributed by atoms with Gasteiger partial charge in [-0.3, -0.25) is 9.59 Å². The normalized spacial score (nSPS) is 23.4. The van der Waals surface area contributed by atoms with Gasteiger partial charge >= 0.3 is 0 Å². The quantitative estimate of drug-likeness (QED) is 0.802. The Morgan fingerprint density at radius 2 is 2.33 bits per heavy atom. The van der Waals surface area contributed by atoms with Crippen molar-refractivity contribution in [1.29, 1.82) is 0 Å². The Balaban J connectivity index is 0.00000162. The first-order chi connectivity index (χ1) is 8.22. The first-order valence-corrected chi connectivity index (χ1v) is 7.17. The molecular weight excluding hydrogens is 274 g/mol. The van der Waals surface area contributed by atoms with Crippen LogP contribution in [0.2, 0.25) is 0 Å². The molecule has 0 aromatic rings. The average Bonchev–Trinajstić information content (AvgIpc) is 2.89. The summed E-state index contributed by atoms with van der Waals surface area (Å²) in [6.07, 6.45) is 2.13. The molecule has 0 bridgehead atoms. The zero-order valence-electron chi connectivity index (χ0n) is 10.6. The lowest BCUT2D eigenvalue weighted by atomic mass is 10.2. The van der Waals surface area contributed by atoms with Gasteiger partial charge in [-0.25, -0.2) is 0 Å². The van der Waals surface area contributed by atoms with Crippen LogP contribution in [0, 0.1) is 0 Å². The van der Waals surface area contributed by atoms with Crippen LogP contribution in [0.15, 0.2) is 0 Å². The van der Waals surface area contributed by atoms with Gasteiger partial charge in [-0.2, -0.15) is 0 Å². The highest BCUT2D eigenvalue weighted by Crippen LogP contribution is 2.19. The van der Waals surface area contributed by atoms with E-state index < -0.39 is 0 Å². The number of rotatable bonds is 4. The molecule has 0 aliphatic carbocycles. The van der Waals surface area contributed by atoms with Crippen LogP contribution in [0.1, 0.15) is 12.8 Å². The molecule has 0 aromatic carbocycles. The van der Waals surface area contributed by atoms with Crippen molar-refractivity contribution in [3.8, 4) is 0 Å². The van der Waals surface area contributed by atoms with Crippen LogP contribution in [0.5, 0.6) is 0 Å². The van der Waals surface area contributed by atoms with Crippen LogP contribution in [-0.2, 0) is 9.59 Å². The number of carbonyl (C=O) groups excluding carboxylic acids is 2. The summed E-state index contributed by atoms with van der Waals surface area (Å²) >= 11 is 1.58.